The van der Waals surface area contributed by atoms with Crippen molar-refractivity contribution < 1.29 is 0 Å². The lowest BCUT2D eigenvalue weighted by molar-refractivity contribution is 1.30. The Morgan fingerprint density at radius 3 is 2.14 bits per heavy atom. The van der Waals surface area contributed by atoms with Gasteiger partial charge in [0.25, 0.3) is 0 Å². The molecule has 0 radical (unpaired) electrons. The van der Waals surface area contributed by atoms with Crippen molar-refractivity contribution in [3.05, 3.63) is 121 Å². The van der Waals surface area contributed by atoms with E-state index in [0.29, 0.717) is 11.4 Å². The van der Waals surface area contributed by atoms with Crippen molar-refractivity contribution in [1.82, 2.24) is 4.40 Å². The van der Waals surface area contributed by atoms with Crippen molar-refractivity contribution in [1.29, 1.82) is 5.41 Å². The van der Waals surface area contributed by atoms with Crippen LogP contribution in [0.4, 0.5) is 5.69 Å². The van der Waals surface area contributed by atoms with E-state index >= 15 is 0 Å². The molecule has 1 aliphatic carbocycles. The minimum absolute atomic E-state index is 0.434. The fourth-order valence-corrected chi connectivity index (χ4v) is 9.09. The van der Waals surface area contributed by atoms with E-state index in [1.807, 2.05) is 40.9 Å². The third-order valence-corrected chi connectivity index (χ3v) is 11.1. The van der Waals surface area contributed by atoms with E-state index in [9.17, 15) is 0 Å². The summed E-state index contributed by atoms with van der Waals surface area (Å²) in [6, 6.07) is 33.5. The molecule has 1 N–H and O–H groups in total. The molecule has 43 heavy (non-hydrogen) atoms. The predicted octanol–water partition coefficient (Wildman–Crippen LogP) is 11.3. The molecule has 4 aromatic heterocycles. The van der Waals surface area contributed by atoms with Crippen LogP contribution in [0.25, 0.3) is 78.7 Å². The lowest BCUT2D eigenvalue weighted by Gasteiger charge is -2.05. The molecular weight excluding hydrogens is 563 g/mol. The predicted molar refractivity (Wildman–Crippen MR) is 188 cm³/mol. The van der Waals surface area contributed by atoms with Gasteiger partial charge in [0.15, 0.2) is 0 Å². The van der Waals surface area contributed by atoms with Crippen LogP contribution in [0.1, 0.15) is 0 Å². The van der Waals surface area contributed by atoms with Crippen molar-refractivity contribution in [2.75, 3.05) is 0 Å². The molecule has 0 fully saturated rings. The summed E-state index contributed by atoms with van der Waals surface area (Å²) >= 11 is 3.70. The van der Waals surface area contributed by atoms with E-state index < -0.39 is 0 Å². The summed E-state index contributed by atoms with van der Waals surface area (Å²) in [5.74, 6) is 0. The fraction of sp³-hybridized carbons (Fsp3) is 0. The second-order valence-corrected chi connectivity index (χ2v) is 13.3. The summed E-state index contributed by atoms with van der Waals surface area (Å²) in [7, 11) is 0. The van der Waals surface area contributed by atoms with E-state index in [0.717, 1.165) is 11.1 Å². The average molecular weight is 584 g/mol. The van der Waals surface area contributed by atoms with Gasteiger partial charge in [-0.15, -0.1) is 22.7 Å². The number of nitrogens with zero attached hydrogens (tertiary/aromatic N) is 2. The number of thiophene rings is 2. The Balaban J connectivity index is 1.29. The van der Waals surface area contributed by atoms with E-state index in [2.05, 4.69) is 102 Å². The largest absolute Gasteiger partial charge is 0.313 e. The van der Waals surface area contributed by atoms with Crippen LogP contribution in [0.5, 0.6) is 0 Å². The van der Waals surface area contributed by atoms with E-state index in [4.69, 9.17) is 10.4 Å². The zero-order valence-corrected chi connectivity index (χ0v) is 24.4. The average Bonchev–Trinajstić information content (AvgIpc) is 3.78. The number of hydrogen-bond donors (Lipinski definition) is 1. The van der Waals surface area contributed by atoms with Gasteiger partial charge < -0.3 is 4.40 Å². The van der Waals surface area contributed by atoms with Gasteiger partial charge in [0.05, 0.1) is 28.1 Å². The van der Waals surface area contributed by atoms with Gasteiger partial charge in [-0.3, -0.25) is 5.41 Å². The maximum atomic E-state index is 8.40. The minimum atomic E-state index is 0.434. The van der Waals surface area contributed by atoms with Crippen LogP contribution in [-0.2, 0) is 0 Å². The topological polar surface area (TPSA) is 40.6 Å². The first kappa shape index (κ1) is 23.5. The number of rotatable bonds is 2. The molecular formula is C38H21N3S2. The maximum absolute atomic E-state index is 8.40. The van der Waals surface area contributed by atoms with Crippen LogP contribution in [0, 0.1) is 5.41 Å². The number of hydrogen-bond acceptors (Lipinski definition) is 4. The Bertz CT molecular complexity index is 2750. The van der Waals surface area contributed by atoms with Crippen LogP contribution in [-0.4, -0.2) is 15.8 Å². The van der Waals surface area contributed by atoms with Crippen molar-refractivity contribution >= 4 is 107 Å². The number of nitrogens with one attached hydrogen (secondary N) is 1. The lowest BCUT2D eigenvalue weighted by Crippen LogP contribution is -2.08. The standard InChI is InChI=1S/C38H21N3S2/c39-28-9-3-4-10-29(28)40-30-20-41-31-15-13-21(22-14-16-34-25(17-22)23-7-1-5-11-32(23)42-34)18-27(31)37-36-24-8-2-6-12-33(24)43-35(36)19-26(30)38(37)41/h1-20,39H/b39-28?,40-29-. The van der Waals surface area contributed by atoms with Gasteiger partial charge in [0.2, 0.25) is 0 Å². The van der Waals surface area contributed by atoms with Crippen molar-refractivity contribution in [2.24, 2.45) is 4.99 Å². The summed E-state index contributed by atoms with van der Waals surface area (Å²) in [6.45, 7) is 0. The molecule has 9 aromatic rings. The number of aromatic nitrogens is 1. The molecule has 0 atom stereocenters. The highest BCUT2D eigenvalue weighted by Gasteiger charge is 2.22. The summed E-state index contributed by atoms with van der Waals surface area (Å²) in [4.78, 5) is 5.01. The molecule has 3 nitrogen and oxygen atoms in total. The number of aliphatic imine (C=N–C) groups is 1. The molecule has 0 spiro atoms. The summed E-state index contributed by atoms with van der Waals surface area (Å²) < 4.78 is 7.53. The maximum Gasteiger partial charge on any atom is 0.0898 e. The smallest absolute Gasteiger partial charge is 0.0898 e. The highest BCUT2D eigenvalue weighted by atomic mass is 32.1. The fourth-order valence-electron chi connectivity index (χ4n) is 6.85. The summed E-state index contributed by atoms with van der Waals surface area (Å²) in [5.41, 5.74) is 6.85. The minimum Gasteiger partial charge on any atom is -0.313 e. The highest BCUT2D eigenvalue weighted by Crippen LogP contribution is 2.48. The molecule has 0 saturated heterocycles. The van der Waals surface area contributed by atoms with Gasteiger partial charge >= 0.3 is 0 Å². The van der Waals surface area contributed by atoms with Crippen molar-refractivity contribution in [2.45, 2.75) is 0 Å². The lowest BCUT2D eigenvalue weighted by atomic mass is 9.98. The zero-order chi connectivity index (χ0) is 28.2. The normalized spacial score (nSPS) is 14.9. The molecule has 4 heterocycles. The second-order valence-electron chi connectivity index (χ2n) is 11.2. The molecule has 200 valence electrons. The molecule has 0 amide bonds. The van der Waals surface area contributed by atoms with E-state index in [-0.39, 0.29) is 0 Å². The first-order chi connectivity index (χ1) is 21.2. The Hall–Kier alpha value is -5.10. The van der Waals surface area contributed by atoms with E-state index in [1.54, 1.807) is 6.08 Å². The summed E-state index contributed by atoms with van der Waals surface area (Å²) in [6.07, 6.45) is 9.71. The molecule has 5 aromatic carbocycles. The van der Waals surface area contributed by atoms with Gasteiger partial charge in [-0.05, 0) is 65.7 Å². The Morgan fingerprint density at radius 2 is 1.28 bits per heavy atom. The molecule has 0 aliphatic heterocycles. The molecule has 1 aliphatic rings. The molecule has 0 bridgehead atoms. The van der Waals surface area contributed by atoms with Crippen molar-refractivity contribution in [3.63, 3.8) is 0 Å². The number of benzene rings is 5. The van der Waals surface area contributed by atoms with Gasteiger partial charge in [0.1, 0.15) is 0 Å². The van der Waals surface area contributed by atoms with Crippen LogP contribution < -0.4 is 0 Å². The van der Waals surface area contributed by atoms with Gasteiger partial charge in [-0.2, -0.15) is 0 Å². The number of allylic oxidation sites excluding steroid dienone is 4. The number of fused-ring (bicyclic) bond motifs is 10. The Labute approximate surface area is 253 Å². The summed E-state index contributed by atoms with van der Waals surface area (Å²) in [5, 5.41) is 17.3. The molecule has 0 unspecified atom stereocenters. The zero-order valence-electron chi connectivity index (χ0n) is 22.8. The SMILES string of the molecule is N=C1C=CC=C/C1=N/c1cn2c3ccc(-c4ccc5sc6ccccc6c5c4)cc3c3c4c(cc1c32)sc1ccccc14. The Morgan fingerprint density at radius 1 is 0.581 bits per heavy atom. The molecule has 10 rings (SSSR count). The monoisotopic (exact) mass is 583 g/mol. The second kappa shape index (κ2) is 8.48. The van der Waals surface area contributed by atoms with Crippen LogP contribution >= 0.6 is 22.7 Å². The van der Waals surface area contributed by atoms with Crippen LogP contribution in [0.3, 0.4) is 0 Å². The van der Waals surface area contributed by atoms with Gasteiger partial charge in [-0.25, -0.2) is 4.99 Å². The first-order valence-electron chi connectivity index (χ1n) is 14.3. The van der Waals surface area contributed by atoms with Gasteiger partial charge in [-0.1, -0.05) is 60.7 Å². The van der Waals surface area contributed by atoms with Crippen molar-refractivity contribution in [3.8, 4) is 11.1 Å². The third kappa shape index (κ3) is 3.23. The molecule has 0 saturated carbocycles. The van der Waals surface area contributed by atoms with Crippen LogP contribution in [0.15, 0.2) is 126 Å². The van der Waals surface area contributed by atoms with E-state index in [1.165, 1.54) is 73.3 Å². The first-order valence-corrected chi connectivity index (χ1v) is 15.9. The Kier molecular flexibility index (Phi) is 4.63. The van der Waals surface area contributed by atoms with Crippen LogP contribution in [0.2, 0.25) is 0 Å². The highest BCUT2D eigenvalue weighted by molar-refractivity contribution is 7.26. The van der Waals surface area contributed by atoms with Gasteiger partial charge in [0, 0.05) is 62.7 Å². The third-order valence-electron chi connectivity index (χ3n) is 8.79. The quantitative estimate of drug-likeness (QED) is 0.197. The molecule has 5 heteroatoms.